The topological polar surface area (TPSA) is 67.2 Å². The van der Waals surface area contributed by atoms with Crippen molar-refractivity contribution in [2.75, 3.05) is 16.8 Å². The molecule has 6 nitrogen and oxygen atoms in total. The summed E-state index contributed by atoms with van der Waals surface area (Å²) in [5.41, 5.74) is 4.23. The number of benzene rings is 3. The van der Waals surface area contributed by atoms with Crippen molar-refractivity contribution in [2.24, 2.45) is 0 Å². The predicted octanol–water partition coefficient (Wildman–Crippen LogP) is 4.40. The van der Waals surface area contributed by atoms with Crippen molar-refractivity contribution in [3.63, 3.8) is 0 Å². The number of halogens is 1. The quantitative estimate of drug-likeness (QED) is 0.500. The maximum Gasteiger partial charge on any atom is 0.258 e. The highest BCUT2D eigenvalue weighted by atomic mass is 19.1. The van der Waals surface area contributed by atoms with Crippen molar-refractivity contribution < 1.29 is 14.0 Å². The number of rotatable bonds is 5. The van der Waals surface area contributed by atoms with Gasteiger partial charge in [-0.25, -0.2) is 9.07 Å². The van der Waals surface area contributed by atoms with E-state index in [0.717, 1.165) is 17.7 Å². The van der Waals surface area contributed by atoms with Crippen molar-refractivity contribution in [2.45, 2.75) is 12.8 Å². The first-order valence-corrected chi connectivity index (χ1v) is 10.7. The van der Waals surface area contributed by atoms with Crippen molar-refractivity contribution >= 4 is 23.2 Å². The van der Waals surface area contributed by atoms with E-state index < -0.39 is 5.82 Å². The van der Waals surface area contributed by atoms with Gasteiger partial charge >= 0.3 is 0 Å². The van der Waals surface area contributed by atoms with Crippen LogP contribution in [0.25, 0.3) is 5.69 Å². The van der Waals surface area contributed by atoms with Crippen molar-refractivity contribution in [3.8, 4) is 5.69 Å². The molecule has 5 rings (SSSR count). The van der Waals surface area contributed by atoms with E-state index in [9.17, 15) is 14.0 Å². The number of fused-ring (bicyclic) bond motifs is 1. The average Bonchev–Trinajstić information content (AvgIpc) is 3.48. The highest BCUT2D eigenvalue weighted by Crippen LogP contribution is 2.28. The van der Waals surface area contributed by atoms with Gasteiger partial charge in [-0.05, 0) is 47.9 Å². The van der Waals surface area contributed by atoms with Crippen LogP contribution in [0.2, 0.25) is 0 Å². The predicted molar refractivity (Wildman–Crippen MR) is 124 cm³/mol. The number of carbonyl (C=O) groups is 2. The zero-order valence-corrected chi connectivity index (χ0v) is 17.7. The van der Waals surface area contributed by atoms with E-state index in [4.69, 9.17) is 0 Å². The number of amides is 2. The highest BCUT2D eigenvalue weighted by Gasteiger charge is 2.24. The summed E-state index contributed by atoms with van der Waals surface area (Å²) in [4.78, 5) is 27.2. The van der Waals surface area contributed by atoms with Gasteiger partial charge in [0.1, 0.15) is 11.5 Å². The minimum absolute atomic E-state index is 0.0530. The van der Waals surface area contributed by atoms with E-state index in [1.54, 1.807) is 30.3 Å². The Morgan fingerprint density at radius 3 is 2.45 bits per heavy atom. The zero-order chi connectivity index (χ0) is 22.8. The van der Waals surface area contributed by atoms with Gasteiger partial charge < -0.3 is 10.2 Å². The smallest absolute Gasteiger partial charge is 0.258 e. The van der Waals surface area contributed by atoms with Crippen molar-refractivity contribution in [3.05, 3.63) is 108 Å². The molecule has 1 aliphatic heterocycles. The molecule has 1 aliphatic rings. The molecule has 0 bridgehead atoms. The van der Waals surface area contributed by atoms with E-state index in [0.29, 0.717) is 17.8 Å². The van der Waals surface area contributed by atoms with Crippen molar-refractivity contribution in [1.29, 1.82) is 0 Å². The van der Waals surface area contributed by atoms with Crippen LogP contribution in [0.4, 0.5) is 15.8 Å². The minimum atomic E-state index is -0.421. The monoisotopic (exact) mass is 440 g/mol. The molecule has 0 spiro atoms. The molecule has 1 aromatic heterocycles. The Kier molecular flexibility index (Phi) is 5.44. The third-order valence-electron chi connectivity index (χ3n) is 5.70. The molecule has 2 amide bonds. The van der Waals surface area contributed by atoms with Crippen LogP contribution in [0.5, 0.6) is 0 Å². The van der Waals surface area contributed by atoms with Crippen molar-refractivity contribution in [1.82, 2.24) is 9.78 Å². The molecule has 3 aromatic carbocycles. The van der Waals surface area contributed by atoms with E-state index in [1.165, 1.54) is 28.7 Å². The Morgan fingerprint density at radius 2 is 1.67 bits per heavy atom. The van der Waals surface area contributed by atoms with Crippen LogP contribution >= 0.6 is 0 Å². The molecule has 33 heavy (non-hydrogen) atoms. The lowest BCUT2D eigenvalue weighted by molar-refractivity contribution is -0.117. The first kappa shape index (κ1) is 20.6. The summed E-state index contributed by atoms with van der Waals surface area (Å²) in [6.07, 6.45) is 4.04. The van der Waals surface area contributed by atoms with Gasteiger partial charge in [0.2, 0.25) is 5.91 Å². The molecule has 0 saturated carbocycles. The van der Waals surface area contributed by atoms with Crippen LogP contribution in [-0.4, -0.2) is 28.1 Å². The Bertz CT molecular complexity index is 1330. The fourth-order valence-corrected chi connectivity index (χ4v) is 3.99. The van der Waals surface area contributed by atoms with Crippen LogP contribution in [0.15, 0.2) is 85.2 Å². The molecule has 2 heterocycles. The molecular weight excluding hydrogens is 419 g/mol. The van der Waals surface area contributed by atoms with Gasteiger partial charge in [-0.3, -0.25) is 9.59 Å². The zero-order valence-electron chi connectivity index (χ0n) is 17.7. The number of carbonyl (C=O) groups excluding carboxylic acids is 2. The average molecular weight is 440 g/mol. The van der Waals surface area contributed by atoms with E-state index in [-0.39, 0.29) is 23.9 Å². The van der Waals surface area contributed by atoms with Crippen LogP contribution < -0.4 is 10.2 Å². The van der Waals surface area contributed by atoms with E-state index in [2.05, 4.69) is 16.5 Å². The molecule has 0 atom stereocenters. The molecule has 0 unspecified atom stereocenters. The standard InChI is InChI=1S/C26H21FN4O2/c27-22-6-2-4-8-24(22)31-17-20(16-28-31)26(33)29-21-11-9-18(10-12-21)15-25(32)30-14-13-19-5-1-3-7-23(19)30/h1-12,16-17H,13-15H2,(H,29,33). The lowest BCUT2D eigenvalue weighted by atomic mass is 10.1. The number of hydrogen-bond acceptors (Lipinski definition) is 3. The lowest BCUT2D eigenvalue weighted by Gasteiger charge is -2.17. The second kappa shape index (κ2) is 8.70. The SMILES string of the molecule is O=C(Nc1ccc(CC(=O)N2CCc3ccccc32)cc1)c1cnn(-c2ccccc2F)c1. The van der Waals surface area contributed by atoms with Gasteiger partial charge in [0.05, 0.1) is 18.2 Å². The summed E-state index contributed by atoms with van der Waals surface area (Å²) in [6, 6.07) is 21.4. The molecule has 0 radical (unpaired) electrons. The molecular formula is C26H21FN4O2. The second-order valence-corrected chi connectivity index (χ2v) is 7.88. The molecule has 0 fully saturated rings. The molecule has 0 aliphatic carbocycles. The molecule has 0 saturated heterocycles. The fourth-order valence-electron chi connectivity index (χ4n) is 3.99. The van der Waals surface area contributed by atoms with E-state index in [1.807, 2.05) is 35.2 Å². The summed E-state index contributed by atoms with van der Waals surface area (Å²) < 4.78 is 15.3. The van der Waals surface area contributed by atoms with E-state index >= 15 is 0 Å². The molecule has 1 N–H and O–H groups in total. The van der Waals surface area contributed by atoms with Gasteiger partial charge in [-0.15, -0.1) is 0 Å². The first-order chi connectivity index (χ1) is 16.1. The van der Waals surface area contributed by atoms with Crippen LogP contribution in [-0.2, 0) is 17.6 Å². The second-order valence-electron chi connectivity index (χ2n) is 7.88. The number of aromatic nitrogens is 2. The van der Waals surface area contributed by atoms with Crippen LogP contribution in [0, 0.1) is 5.82 Å². The van der Waals surface area contributed by atoms with Gasteiger partial charge in [0.25, 0.3) is 5.91 Å². The fraction of sp³-hybridized carbons (Fsp3) is 0.115. The lowest BCUT2D eigenvalue weighted by Crippen LogP contribution is -2.30. The Balaban J connectivity index is 1.22. The van der Waals surface area contributed by atoms with Crippen LogP contribution in [0.1, 0.15) is 21.5 Å². The molecule has 7 heteroatoms. The first-order valence-electron chi connectivity index (χ1n) is 10.7. The maximum absolute atomic E-state index is 13.9. The Morgan fingerprint density at radius 1 is 0.939 bits per heavy atom. The number of para-hydroxylation sites is 2. The third kappa shape index (κ3) is 4.25. The maximum atomic E-state index is 13.9. The number of nitrogens with one attached hydrogen (secondary N) is 1. The summed E-state index contributed by atoms with van der Waals surface area (Å²) in [5, 5.41) is 6.89. The summed E-state index contributed by atoms with van der Waals surface area (Å²) in [7, 11) is 0. The number of hydrogen-bond donors (Lipinski definition) is 1. The summed E-state index contributed by atoms with van der Waals surface area (Å²) in [5.74, 6) is -0.720. The summed E-state index contributed by atoms with van der Waals surface area (Å²) >= 11 is 0. The van der Waals surface area contributed by atoms with Gasteiger partial charge in [-0.2, -0.15) is 5.10 Å². The third-order valence-corrected chi connectivity index (χ3v) is 5.70. The van der Waals surface area contributed by atoms with Gasteiger partial charge in [0.15, 0.2) is 0 Å². The largest absolute Gasteiger partial charge is 0.322 e. The molecule has 4 aromatic rings. The molecule has 164 valence electrons. The van der Waals surface area contributed by atoms with Crippen LogP contribution in [0.3, 0.4) is 0 Å². The summed E-state index contributed by atoms with van der Waals surface area (Å²) in [6.45, 7) is 0.701. The highest BCUT2D eigenvalue weighted by molar-refractivity contribution is 6.04. The Hall–Kier alpha value is -4.26. The van der Waals surface area contributed by atoms with Gasteiger partial charge in [-0.1, -0.05) is 42.5 Å². The van der Waals surface area contributed by atoms with Gasteiger partial charge in [0, 0.05) is 24.1 Å². The number of anilines is 2. The normalized spacial score (nSPS) is 12.5. The number of nitrogens with zero attached hydrogens (tertiary/aromatic N) is 3. The minimum Gasteiger partial charge on any atom is -0.322 e. The Labute approximate surface area is 190 Å².